The van der Waals surface area contributed by atoms with E-state index in [1.807, 2.05) is 36.5 Å². The molecular formula is C16H19N3O2. The molecule has 5 heteroatoms. The molecule has 5 nitrogen and oxygen atoms in total. The topological polar surface area (TPSA) is 56.1 Å². The number of ether oxygens (including phenoxy) is 1. The number of hydrogen-bond donors (Lipinski definition) is 1. The molecule has 1 aliphatic carbocycles. The zero-order chi connectivity index (χ0) is 14.7. The molecule has 1 unspecified atom stereocenters. The molecule has 3 rings (SSSR count). The molecule has 0 aromatic carbocycles. The van der Waals surface area contributed by atoms with Crippen molar-refractivity contribution in [3.63, 3.8) is 0 Å². The molecule has 1 N–H and O–H groups in total. The van der Waals surface area contributed by atoms with E-state index in [4.69, 9.17) is 4.74 Å². The maximum atomic E-state index is 12.5. The number of nitrogens with one attached hydrogen (secondary N) is 1. The molecule has 0 bridgehead atoms. The molecule has 0 aliphatic heterocycles. The van der Waals surface area contributed by atoms with Gasteiger partial charge in [0.25, 0.3) is 5.91 Å². The highest BCUT2D eigenvalue weighted by Gasteiger charge is 2.27. The second-order valence-electron chi connectivity index (χ2n) is 5.27. The largest absolute Gasteiger partial charge is 0.382 e. The van der Waals surface area contributed by atoms with Gasteiger partial charge in [0.05, 0.1) is 18.3 Å². The first-order valence-electron chi connectivity index (χ1n) is 7.17. The van der Waals surface area contributed by atoms with Crippen molar-refractivity contribution < 1.29 is 9.53 Å². The SMILES string of the molecule is COCC(NC(=O)c1cccn1C1CC1)c1ccccn1. The van der Waals surface area contributed by atoms with Gasteiger partial charge in [0, 0.05) is 25.5 Å². The first kappa shape index (κ1) is 13.8. The van der Waals surface area contributed by atoms with Crippen LogP contribution >= 0.6 is 0 Å². The number of carbonyl (C=O) groups excluding carboxylic acids is 1. The fraction of sp³-hybridized carbons (Fsp3) is 0.375. The molecule has 110 valence electrons. The number of carbonyl (C=O) groups is 1. The van der Waals surface area contributed by atoms with Crippen molar-refractivity contribution in [3.8, 4) is 0 Å². The Kier molecular flexibility index (Phi) is 4.01. The van der Waals surface area contributed by atoms with Crippen LogP contribution in [-0.2, 0) is 4.74 Å². The van der Waals surface area contributed by atoms with Crippen LogP contribution in [0.4, 0.5) is 0 Å². The normalized spacial score (nSPS) is 15.7. The Labute approximate surface area is 124 Å². The van der Waals surface area contributed by atoms with Crippen molar-refractivity contribution in [3.05, 3.63) is 54.1 Å². The van der Waals surface area contributed by atoms with E-state index in [0.29, 0.717) is 18.3 Å². The fourth-order valence-electron chi connectivity index (χ4n) is 2.44. The predicted molar refractivity (Wildman–Crippen MR) is 79.0 cm³/mol. The van der Waals surface area contributed by atoms with Crippen molar-refractivity contribution in [2.45, 2.75) is 24.9 Å². The molecule has 0 spiro atoms. The van der Waals surface area contributed by atoms with E-state index in [1.54, 1.807) is 13.3 Å². The Morgan fingerprint density at radius 3 is 2.95 bits per heavy atom. The van der Waals surface area contributed by atoms with Crippen LogP contribution in [0.2, 0.25) is 0 Å². The van der Waals surface area contributed by atoms with E-state index in [0.717, 1.165) is 18.5 Å². The van der Waals surface area contributed by atoms with Crippen molar-refractivity contribution in [1.82, 2.24) is 14.9 Å². The Morgan fingerprint density at radius 2 is 2.29 bits per heavy atom. The van der Waals surface area contributed by atoms with Gasteiger partial charge in [0.15, 0.2) is 0 Å². The lowest BCUT2D eigenvalue weighted by Gasteiger charge is -2.18. The molecule has 1 saturated carbocycles. The number of aromatic nitrogens is 2. The second kappa shape index (κ2) is 6.10. The third-order valence-electron chi connectivity index (χ3n) is 3.64. The van der Waals surface area contributed by atoms with E-state index >= 15 is 0 Å². The molecule has 1 atom stereocenters. The van der Waals surface area contributed by atoms with E-state index < -0.39 is 0 Å². The quantitative estimate of drug-likeness (QED) is 0.886. The van der Waals surface area contributed by atoms with Crippen LogP contribution in [0.3, 0.4) is 0 Å². The lowest BCUT2D eigenvalue weighted by atomic mass is 10.2. The minimum Gasteiger partial charge on any atom is -0.382 e. The zero-order valence-electron chi connectivity index (χ0n) is 12.0. The van der Waals surface area contributed by atoms with E-state index in [1.165, 1.54) is 0 Å². The number of rotatable bonds is 6. The summed E-state index contributed by atoms with van der Waals surface area (Å²) in [4.78, 5) is 16.8. The monoisotopic (exact) mass is 285 g/mol. The van der Waals surface area contributed by atoms with Crippen LogP contribution in [-0.4, -0.2) is 29.2 Å². The van der Waals surface area contributed by atoms with Crippen molar-refractivity contribution in [2.75, 3.05) is 13.7 Å². The summed E-state index contributed by atoms with van der Waals surface area (Å²) in [5, 5.41) is 3.01. The summed E-state index contributed by atoms with van der Waals surface area (Å²) in [6.07, 6.45) is 5.99. The van der Waals surface area contributed by atoms with Gasteiger partial charge in [-0.1, -0.05) is 6.07 Å². The highest BCUT2D eigenvalue weighted by atomic mass is 16.5. The number of hydrogen-bond acceptors (Lipinski definition) is 3. The van der Waals surface area contributed by atoms with Crippen LogP contribution in [0.25, 0.3) is 0 Å². The lowest BCUT2D eigenvalue weighted by Crippen LogP contribution is -2.33. The average molecular weight is 285 g/mol. The van der Waals surface area contributed by atoms with E-state index in [-0.39, 0.29) is 11.9 Å². The Morgan fingerprint density at radius 1 is 1.43 bits per heavy atom. The van der Waals surface area contributed by atoms with Crippen LogP contribution in [0.5, 0.6) is 0 Å². The summed E-state index contributed by atoms with van der Waals surface area (Å²) in [6, 6.07) is 9.67. The maximum Gasteiger partial charge on any atom is 0.268 e. The Bertz CT molecular complexity index is 605. The van der Waals surface area contributed by atoms with Crippen molar-refractivity contribution in [1.29, 1.82) is 0 Å². The summed E-state index contributed by atoms with van der Waals surface area (Å²) >= 11 is 0. The maximum absolute atomic E-state index is 12.5. The van der Waals surface area contributed by atoms with Crippen LogP contribution in [0.1, 0.15) is 41.1 Å². The van der Waals surface area contributed by atoms with Crippen molar-refractivity contribution in [2.24, 2.45) is 0 Å². The first-order chi connectivity index (χ1) is 10.3. The summed E-state index contributed by atoms with van der Waals surface area (Å²) in [5.41, 5.74) is 1.51. The predicted octanol–water partition coefficient (Wildman–Crippen LogP) is 2.34. The van der Waals surface area contributed by atoms with Gasteiger partial charge in [-0.25, -0.2) is 0 Å². The van der Waals surface area contributed by atoms with Gasteiger partial charge in [0.1, 0.15) is 5.69 Å². The van der Waals surface area contributed by atoms with Crippen LogP contribution in [0.15, 0.2) is 42.7 Å². The van der Waals surface area contributed by atoms with Gasteiger partial charge < -0.3 is 14.6 Å². The highest BCUT2D eigenvalue weighted by molar-refractivity contribution is 5.93. The molecule has 1 aliphatic rings. The highest BCUT2D eigenvalue weighted by Crippen LogP contribution is 2.36. The number of nitrogens with zero attached hydrogens (tertiary/aromatic N) is 2. The third-order valence-corrected chi connectivity index (χ3v) is 3.64. The lowest BCUT2D eigenvalue weighted by molar-refractivity contribution is 0.0885. The molecular weight excluding hydrogens is 266 g/mol. The fourth-order valence-corrected chi connectivity index (χ4v) is 2.44. The summed E-state index contributed by atoms with van der Waals surface area (Å²) in [5.74, 6) is -0.0837. The average Bonchev–Trinajstić information content (AvgIpc) is 3.24. The van der Waals surface area contributed by atoms with Gasteiger partial charge in [-0.2, -0.15) is 0 Å². The molecule has 2 aromatic heterocycles. The molecule has 21 heavy (non-hydrogen) atoms. The first-order valence-corrected chi connectivity index (χ1v) is 7.17. The minimum atomic E-state index is -0.244. The number of methoxy groups -OCH3 is 1. The third kappa shape index (κ3) is 3.13. The summed E-state index contributed by atoms with van der Waals surface area (Å²) < 4.78 is 7.26. The van der Waals surface area contributed by atoms with E-state index in [9.17, 15) is 4.79 Å². The number of amides is 1. The molecule has 1 amide bonds. The second-order valence-corrected chi connectivity index (χ2v) is 5.27. The number of pyridine rings is 1. The standard InChI is InChI=1S/C16H19N3O2/c1-21-11-14(13-5-2-3-9-17-13)18-16(20)15-6-4-10-19(15)12-7-8-12/h2-6,9-10,12,14H,7-8,11H2,1H3,(H,18,20). The van der Waals surface area contributed by atoms with E-state index in [2.05, 4.69) is 14.9 Å². The molecule has 0 saturated heterocycles. The van der Waals surface area contributed by atoms with Crippen LogP contribution in [0, 0.1) is 0 Å². The molecule has 1 fully saturated rings. The van der Waals surface area contributed by atoms with Crippen LogP contribution < -0.4 is 5.32 Å². The Balaban J connectivity index is 1.76. The summed E-state index contributed by atoms with van der Waals surface area (Å²) in [7, 11) is 1.62. The van der Waals surface area contributed by atoms with Gasteiger partial charge in [-0.15, -0.1) is 0 Å². The van der Waals surface area contributed by atoms with Gasteiger partial charge in [0.2, 0.25) is 0 Å². The smallest absolute Gasteiger partial charge is 0.268 e. The molecule has 0 radical (unpaired) electrons. The molecule has 2 heterocycles. The van der Waals surface area contributed by atoms with Gasteiger partial charge in [-0.05, 0) is 37.1 Å². The van der Waals surface area contributed by atoms with Gasteiger partial charge >= 0.3 is 0 Å². The van der Waals surface area contributed by atoms with Crippen molar-refractivity contribution >= 4 is 5.91 Å². The van der Waals surface area contributed by atoms with Gasteiger partial charge in [-0.3, -0.25) is 9.78 Å². The Hall–Kier alpha value is -2.14. The summed E-state index contributed by atoms with van der Waals surface area (Å²) in [6.45, 7) is 0.396. The minimum absolute atomic E-state index is 0.0837. The zero-order valence-corrected chi connectivity index (χ0v) is 12.0. The molecule has 2 aromatic rings.